The highest BCUT2D eigenvalue weighted by Crippen LogP contribution is 2.50. The van der Waals surface area contributed by atoms with Crippen molar-refractivity contribution in [3.05, 3.63) is 71.8 Å². The first-order chi connectivity index (χ1) is 19.4. The van der Waals surface area contributed by atoms with E-state index in [4.69, 9.17) is 23.2 Å². The minimum absolute atomic E-state index is 0.00972. The maximum atomic E-state index is 12.2. The van der Waals surface area contributed by atoms with E-state index >= 15 is 0 Å². The van der Waals surface area contributed by atoms with E-state index in [2.05, 4.69) is 14.9 Å². The normalized spacial score (nSPS) is 14.2. The van der Waals surface area contributed by atoms with Gasteiger partial charge < -0.3 is 25.0 Å². The Balaban J connectivity index is 0.000000422. The van der Waals surface area contributed by atoms with Crippen molar-refractivity contribution in [1.82, 2.24) is 10.6 Å². The number of nitrogens with one attached hydrogen (secondary N) is 2. The number of hydrogen-bond donors (Lipinski definition) is 3. The van der Waals surface area contributed by atoms with Crippen LogP contribution < -0.4 is 10.6 Å². The second-order valence-corrected chi connectivity index (χ2v) is 13.5. The summed E-state index contributed by atoms with van der Waals surface area (Å²) in [5, 5.41) is 4.82. The molecular weight excluding hydrogens is 616 g/mol. The Morgan fingerprint density at radius 1 is 0.805 bits per heavy atom. The first-order valence-electron chi connectivity index (χ1n) is 12.2. The number of benzene rings is 2. The molecule has 41 heavy (non-hydrogen) atoms. The second-order valence-electron chi connectivity index (χ2n) is 8.24. The van der Waals surface area contributed by atoms with Gasteiger partial charge in [-0.1, -0.05) is 60.7 Å². The van der Waals surface area contributed by atoms with Gasteiger partial charge in [0.25, 0.3) is 0 Å². The summed E-state index contributed by atoms with van der Waals surface area (Å²) in [6.07, 6.45) is -2.36. The molecular formula is C24H36N2O11P4. The lowest BCUT2D eigenvalue weighted by Gasteiger charge is -2.19. The molecule has 5 unspecified atom stereocenters. The van der Waals surface area contributed by atoms with Gasteiger partial charge in [0.05, 0.1) is 12.3 Å². The van der Waals surface area contributed by atoms with Crippen LogP contribution in [0.4, 0.5) is 9.59 Å². The van der Waals surface area contributed by atoms with Crippen LogP contribution >= 0.6 is 34.1 Å². The van der Waals surface area contributed by atoms with Gasteiger partial charge in [-0.25, -0.2) is 9.59 Å². The van der Waals surface area contributed by atoms with E-state index in [1.807, 2.05) is 70.1 Å². The van der Waals surface area contributed by atoms with Gasteiger partial charge in [0.15, 0.2) is 5.78 Å². The number of hydrogen-bond acceptors (Lipinski definition) is 10. The molecule has 0 aromatic heterocycles. The Morgan fingerprint density at radius 2 is 1.24 bits per heavy atom. The topological polar surface area (TPSA) is 176 Å². The van der Waals surface area contributed by atoms with Crippen LogP contribution in [0.1, 0.15) is 25.0 Å². The van der Waals surface area contributed by atoms with E-state index in [0.29, 0.717) is 0 Å². The number of ketones is 1. The number of rotatable bonds is 15. The minimum atomic E-state index is -3.61. The van der Waals surface area contributed by atoms with Gasteiger partial charge >= 0.3 is 27.4 Å². The zero-order valence-electron chi connectivity index (χ0n) is 22.7. The minimum Gasteiger partial charge on any atom is -0.445 e. The zero-order chi connectivity index (χ0) is 30.7. The van der Waals surface area contributed by atoms with Crippen molar-refractivity contribution in [2.45, 2.75) is 33.2 Å². The lowest BCUT2D eigenvalue weighted by molar-refractivity contribution is -0.123. The first kappa shape index (κ1) is 36.8. The number of carbonyl (C=O) groups excluding carboxylic acids is 3. The Labute approximate surface area is 244 Å². The number of Topliss-reactive ketones (excluding diaryl/α,β-unsaturated/α-hetero) is 1. The average molecular weight is 652 g/mol. The fourth-order valence-corrected chi connectivity index (χ4v) is 5.20. The molecule has 5 atom stereocenters. The Morgan fingerprint density at radius 3 is 1.63 bits per heavy atom. The number of amides is 2. The van der Waals surface area contributed by atoms with Crippen LogP contribution in [0.3, 0.4) is 0 Å². The molecule has 0 heterocycles. The number of ether oxygens (including phenoxy) is 2. The predicted molar refractivity (Wildman–Crippen MR) is 159 cm³/mol. The molecule has 0 spiro atoms. The van der Waals surface area contributed by atoms with Crippen LogP contribution in [0.2, 0.25) is 0 Å². The summed E-state index contributed by atoms with van der Waals surface area (Å²) in [5.41, 5.74) is 1.73. The molecule has 0 aliphatic rings. The van der Waals surface area contributed by atoms with Crippen molar-refractivity contribution in [1.29, 1.82) is 0 Å². The third kappa shape index (κ3) is 17.4. The van der Waals surface area contributed by atoms with Crippen molar-refractivity contribution in [2.24, 2.45) is 0 Å². The molecule has 0 fully saturated rings. The lowest BCUT2D eigenvalue weighted by Crippen LogP contribution is -2.28. The fourth-order valence-electron chi connectivity index (χ4n) is 2.64. The smallest absolute Gasteiger partial charge is 0.407 e. The second kappa shape index (κ2) is 19.8. The Kier molecular flexibility index (Phi) is 17.8. The summed E-state index contributed by atoms with van der Waals surface area (Å²) >= 11 is 0. The van der Waals surface area contributed by atoms with E-state index in [0.717, 1.165) is 11.1 Å². The van der Waals surface area contributed by atoms with Crippen molar-refractivity contribution >= 4 is 52.1 Å². The summed E-state index contributed by atoms with van der Waals surface area (Å²) < 4.78 is 47.4. The molecule has 0 aliphatic carbocycles. The molecule has 0 bridgehead atoms. The summed E-state index contributed by atoms with van der Waals surface area (Å²) in [4.78, 5) is 43.0. The van der Waals surface area contributed by atoms with Crippen LogP contribution in [-0.4, -0.2) is 54.4 Å². The van der Waals surface area contributed by atoms with Gasteiger partial charge in [0.2, 0.25) is 0 Å². The van der Waals surface area contributed by atoms with Crippen LogP contribution in [0.15, 0.2) is 60.7 Å². The van der Waals surface area contributed by atoms with Crippen molar-refractivity contribution in [3.8, 4) is 0 Å². The highest BCUT2D eigenvalue weighted by molar-refractivity contribution is 7.57. The molecule has 228 valence electrons. The molecule has 0 aliphatic heterocycles. The summed E-state index contributed by atoms with van der Waals surface area (Å²) in [6.45, 7) is 3.16. The van der Waals surface area contributed by atoms with E-state index in [1.54, 1.807) is 9.47 Å². The molecule has 17 heteroatoms. The highest BCUT2D eigenvalue weighted by atomic mass is 31.2. The van der Waals surface area contributed by atoms with E-state index < -0.39 is 33.5 Å². The molecule has 3 N–H and O–H groups in total. The first-order valence-corrected chi connectivity index (χ1v) is 16.6. The molecule has 2 aromatic carbocycles. The van der Waals surface area contributed by atoms with Crippen LogP contribution in [0.5, 0.6) is 0 Å². The maximum Gasteiger partial charge on any atom is 0.407 e. The van der Waals surface area contributed by atoms with Crippen molar-refractivity contribution in [3.63, 3.8) is 0 Å². The van der Waals surface area contributed by atoms with E-state index in [9.17, 15) is 23.5 Å². The highest BCUT2D eigenvalue weighted by Gasteiger charge is 2.27. The Hall–Kier alpha value is -2.19. The summed E-state index contributed by atoms with van der Waals surface area (Å²) in [7, 11) is -3.50. The fraction of sp³-hybridized carbons (Fsp3) is 0.375. The predicted octanol–water partition coefficient (Wildman–Crippen LogP) is 4.81. The average Bonchev–Trinajstić information content (AvgIpc) is 2.96. The van der Waals surface area contributed by atoms with Crippen molar-refractivity contribution in [2.75, 3.05) is 25.4 Å². The van der Waals surface area contributed by atoms with E-state index in [1.165, 1.54) is 13.8 Å². The molecule has 2 amide bonds. The van der Waals surface area contributed by atoms with Crippen molar-refractivity contribution < 1.29 is 51.0 Å². The standard InChI is InChI=1S/C14H21NO6P2.C10H15NO5P2/c1-11(16)12(2)20-23(18,21-22)9-8-15-14(17)19-10-13-6-4-3-5-7-13;12-10(11-6-7-18(13,14)16-17)15-8-9-4-2-1-3-5-9/h3-7,12H,8-10,22H2,1-2H3,(H,15,17);1-5H,6-8,17H2,(H,11,12)(H,13,14). The van der Waals surface area contributed by atoms with Gasteiger partial charge in [-0.2, -0.15) is 0 Å². The van der Waals surface area contributed by atoms with Gasteiger partial charge in [0, 0.05) is 32.0 Å². The Bertz CT molecular complexity index is 1170. The van der Waals surface area contributed by atoms with Gasteiger partial charge in [-0.15, -0.1) is 0 Å². The molecule has 2 aromatic rings. The van der Waals surface area contributed by atoms with Gasteiger partial charge in [-0.3, -0.25) is 27.1 Å². The lowest BCUT2D eigenvalue weighted by atomic mass is 10.2. The molecule has 13 nitrogen and oxygen atoms in total. The van der Waals surface area contributed by atoms with Crippen LogP contribution in [-0.2, 0) is 49.8 Å². The van der Waals surface area contributed by atoms with E-state index in [-0.39, 0.29) is 44.4 Å². The van der Waals surface area contributed by atoms with Crippen LogP contribution in [0.25, 0.3) is 0 Å². The molecule has 0 saturated heterocycles. The summed E-state index contributed by atoms with van der Waals surface area (Å²) in [5.74, 6) is -0.262. The monoisotopic (exact) mass is 652 g/mol. The molecule has 2 rings (SSSR count). The zero-order valence-corrected chi connectivity index (χ0v) is 26.8. The maximum absolute atomic E-state index is 12.2. The quantitative estimate of drug-likeness (QED) is 0.225. The largest absolute Gasteiger partial charge is 0.445 e. The number of alkyl carbamates (subject to hydrolysis) is 2. The molecule has 0 saturated carbocycles. The van der Waals surface area contributed by atoms with Gasteiger partial charge in [-0.05, 0) is 25.0 Å². The van der Waals surface area contributed by atoms with Gasteiger partial charge in [0.1, 0.15) is 19.3 Å². The summed E-state index contributed by atoms with van der Waals surface area (Å²) in [6, 6.07) is 18.4. The molecule has 0 radical (unpaired) electrons. The SMILES string of the molecule is CC(=O)C(C)OP(=O)(CCNC(=O)OCc1ccccc1)OP.O=C(NCCP(=O)(O)OP)OCc1ccccc1. The third-order valence-corrected chi connectivity index (χ3v) is 9.76. The third-order valence-electron chi connectivity index (χ3n) is 4.96. The number of carbonyl (C=O) groups is 3. The van der Waals surface area contributed by atoms with Crippen LogP contribution in [0, 0.1) is 0 Å².